The second-order valence-electron chi connectivity index (χ2n) is 8.14. The lowest BCUT2D eigenvalue weighted by molar-refractivity contribution is -0.137. The highest BCUT2D eigenvalue weighted by atomic mass is 32.2. The molecule has 1 saturated heterocycles. The predicted octanol–water partition coefficient (Wildman–Crippen LogP) is 3.31. The molecule has 1 aromatic carbocycles. The standard InChI is InChI=1S/C20H22F3N3O5S2/c1-11-9-26(19(2,3)10-31-11)33(29,30)15-8-13(16(24)27)18(32-15)25-17(28)12-6-4-5-7-14(12)20(21,22)23/h4-8,11H,9-10H2,1-3H3,(H2,24,27)(H,25,28). The monoisotopic (exact) mass is 505 g/mol. The first-order valence-corrected chi connectivity index (χ1v) is 12.0. The number of rotatable bonds is 5. The van der Waals surface area contributed by atoms with Crippen molar-refractivity contribution in [2.75, 3.05) is 18.5 Å². The molecule has 2 aromatic rings. The van der Waals surface area contributed by atoms with Crippen molar-refractivity contribution in [1.29, 1.82) is 0 Å². The van der Waals surface area contributed by atoms with Crippen molar-refractivity contribution in [3.63, 3.8) is 0 Å². The molecule has 8 nitrogen and oxygen atoms in total. The fourth-order valence-electron chi connectivity index (χ4n) is 3.35. The van der Waals surface area contributed by atoms with Gasteiger partial charge in [-0.05, 0) is 39.0 Å². The van der Waals surface area contributed by atoms with E-state index in [-0.39, 0.29) is 34.0 Å². The van der Waals surface area contributed by atoms with E-state index in [1.165, 1.54) is 10.4 Å². The van der Waals surface area contributed by atoms with Gasteiger partial charge in [-0.15, -0.1) is 11.3 Å². The summed E-state index contributed by atoms with van der Waals surface area (Å²) in [4.78, 5) is 24.6. The largest absolute Gasteiger partial charge is 0.417 e. The molecule has 0 aliphatic carbocycles. The Morgan fingerprint density at radius 1 is 1.24 bits per heavy atom. The van der Waals surface area contributed by atoms with Crippen LogP contribution >= 0.6 is 11.3 Å². The summed E-state index contributed by atoms with van der Waals surface area (Å²) >= 11 is 0.542. The smallest absolute Gasteiger partial charge is 0.375 e. The zero-order chi connectivity index (χ0) is 24.8. The molecule has 33 heavy (non-hydrogen) atoms. The van der Waals surface area contributed by atoms with Crippen LogP contribution in [0.15, 0.2) is 34.5 Å². The van der Waals surface area contributed by atoms with Crippen molar-refractivity contribution < 1.29 is 35.9 Å². The first-order valence-electron chi connectivity index (χ1n) is 9.70. The Morgan fingerprint density at radius 3 is 2.48 bits per heavy atom. The minimum Gasteiger partial charge on any atom is -0.375 e. The van der Waals surface area contributed by atoms with Gasteiger partial charge in [-0.25, -0.2) is 8.42 Å². The third kappa shape index (κ3) is 5.05. The van der Waals surface area contributed by atoms with Gasteiger partial charge in [-0.1, -0.05) is 12.1 Å². The first-order chi connectivity index (χ1) is 15.1. The van der Waals surface area contributed by atoms with E-state index >= 15 is 0 Å². The number of primary amides is 1. The highest BCUT2D eigenvalue weighted by molar-refractivity contribution is 7.91. The molecule has 1 atom stereocenters. The number of carbonyl (C=O) groups is 2. The summed E-state index contributed by atoms with van der Waals surface area (Å²) in [6.45, 7) is 5.26. The highest BCUT2D eigenvalue weighted by Gasteiger charge is 2.43. The van der Waals surface area contributed by atoms with Crippen LogP contribution in [0.3, 0.4) is 0 Å². The number of carbonyl (C=O) groups excluding carboxylic acids is 2. The number of halogens is 3. The Bertz CT molecular complexity index is 1190. The lowest BCUT2D eigenvalue weighted by Gasteiger charge is -2.43. The zero-order valence-electron chi connectivity index (χ0n) is 17.9. The van der Waals surface area contributed by atoms with Crippen LogP contribution in [0.25, 0.3) is 0 Å². The third-order valence-corrected chi connectivity index (χ3v) is 8.62. The number of amides is 2. The normalized spacial score (nSPS) is 19.3. The molecule has 13 heteroatoms. The Kier molecular flexibility index (Phi) is 6.63. The molecule has 1 aliphatic rings. The van der Waals surface area contributed by atoms with E-state index < -0.39 is 44.7 Å². The maximum atomic E-state index is 13.3. The van der Waals surface area contributed by atoms with Gasteiger partial charge in [-0.3, -0.25) is 9.59 Å². The molecule has 1 unspecified atom stereocenters. The third-order valence-electron chi connectivity index (χ3n) is 5.04. The van der Waals surface area contributed by atoms with E-state index in [1.54, 1.807) is 20.8 Å². The Labute approximate surface area is 192 Å². The molecule has 1 fully saturated rings. The lowest BCUT2D eigenvalue weighted by Crippen LogP contribution is -2.57. The summed E-state index contributed by atoms with van der Waals surface area (Å²) in [7, 11) is -4.14. The van der Waals surface area contributed by atoms with Gasteiger partial charge < -0.3 is 15.8 Å². The SMILES string of the molecule is CC1CN(S(=O)(=O)c2cc(C(N)=O)c(NC(=O)c3ccccc3C(F)(F)F)s2)C(C)(C)CO1. The van der Waals surface area contributed by atoms with Crippen molar-refractivity contribution in [2.45, 2.75) is 42.8 Å². The maximum Gasteiger partial charge on any atom is 0.417 e. The van der Waals surface area contributed by atoms with Crippen LogP contribution in [0, 0.1) is 0 Å². The molecule has 3 N–H and O–H groups in total. The van der Waals surface area contributed by atoms with E-state index in [1.807, 2.05) is 0 Å². The number of hydrogen-bond acceptors (Lipinski definition) is 6. The van der Waals surface area contributed by atoms with Crippen molar-refractivity contribution in [1.82, 2.24) is 4.31 Å². The summed E-state index contributed by atoms with van der Waals surface area (Å²) in [6, 6.07) is 5.13. The molecule has 2 heterocycles. The van der Waals surface area contributed by atoms with E-state index in [4.69, 9.17) is 10.5 Å². The van der Waals surface area contributed by atoms with Crippen LogP contribution in [-0.4, -0.2) is 49.3 Å². The predicted molar refractivity (Wildman–Crippen MR) is 116 cm³/mol. The highest BCUT2D eigenvalue weighted by Crippen LogP contribution is 2.38. The van der Waals surface area contributed by atoms with Gasteiger partial charge in [0.1, 0.15) is 9.21 Å². The van der Waals surface area contributed by atoms with Crippen molar-refractivity contribution >= 4 is 38.2 Å². The fraction of sp³-hybridized carbons (Fsp3) is 0.400. The Morgan fingerprint density at radius 2 is 1.88 bits per heavy atom. The number of morpholine rings is 1. The summed E-state index contributed by atoms with van der Waals surface area (Å²) < 4.78 is 73.0. The zero-order valence-corrected chi connectivity index (χ0v) is 19.5. The molecule has 0 radical (unpaired) electrons. The maximum absolute atomic E-state index is 13.3. The van der Waals surface area contributed by atoms with Gasteiger partial charge >= 0.3 is 6.18 Å². The number of hydrogen-bond donors (Lipinski definition) is 2. The number of benzene rings is 1. The van der Waals surface area contributed by atoms with Gasteiger partial charge in [0.05, 0.1) is 34.9 Å². The number of alkyl halides is 3. The Hall–Kier alpha value is -2.48. The number of ether oxygens (including phenoxy) is 1. The second-order valence-corrected chi connectivity index (χ2v) is 11.3. The minimum atomic E-state index is -4.79. The van der Waals surface area contributed by atoms with Crippen LogP contribution in [0.5, 0.6) is 0 Å². The van der Waals surface area contributed by atoms with E-state index in [0.29, 0.717) is 11.3 Å². The van der Waals surface area contributed by atoms with Crippen molar-refractivity contribution in [2.24, 2.45) is 5.73 Å². The lowest BCUT2D eigenvalue weighted by atomic mass is 10.1. The molecule has 3 rings (SSSR count). The van der Waals surface area contributed by atoms with E-state index in [0.717, 1.165) is 24.3 Å². The first kappa shape index (κ1) is 25.1. The number of nitrogens with one attached hydrogen (secondary N) is 1. The minimum absolute atomic E-state index is 0.0553. The molecule has 2 amide bonds. The molecule has 1 aliphatic heterocycles. The molecular weight excluding hydrogens is 483 g/mol. The van der Waals surface area contributed by atoms with Gasteiger partial charge in [-0.2, -0.15) is 17.5 Å². The molecule has 0 bridgehead atoms. The van der Waals surface area contributed by atoms with Gasteiger partial charge in [0, 0.05) is 6.54 Å². The average Bonchev–Trinajstić information content (AvgIpc) is 3.14. The van der Waals surface area contributed by atoms with Crippen LogP contribution in [-0.2, 0) is 20.9 Å². The second kappa shape index (κ2) is 8.70. The van der Waals surface area contributed by atoms with Gasteiger partial charge in [0.25, 0.3) is 21.8 Å². The molecule has 180 valence electrons. The van der Waals surface area contributed by atoms with Crippen molar-refractivity contribution in [3.05, 3.63) is 47.0 Å². The molecule has 0 saturated carbocycles. The number of nitrogens with zero attached hydrogens (tertiary/aromatic N) is 1. The van der Waals surface area contributed by atoms with E-state index in [9.17, 15) is 31.2 Å². The number of nitrogens with two attached hydrogens (primary N) is 1. The summed E-state index contributed by atoms with van der Waals surface area (Å²) in [5.74, 6) is -2.20. The summed E-state index contributed by atoms with van der Waals surface area (Å²) in [5.41, 5.74) is 2.28. The topological polar surface area (TPSA) is 119 Å². The van der Waals surface area contributed by atoms with Crippen LogP contribution in [0.1, 0.15) is 47.1 Å². The summed E-state index contributed by atoms with van der Waals surface area (Å²) in [5, 5.41) is 1.95. The van der Waals surface area contributed by atoms with Gasteiger partial charge in [0.2, 0.25) is 0 Å². The van der Waals surface area contributed by atoms with E-state index in [2.05, 4.69) is 5.32 Å². The van der Waals surface area contributed by atoms with Crippen LogP contribution in [0.4, 0.5) is 18.2 Å². The van der Waals surface area contributed by atoms with Crippen LogP contribution < -0.4 is 11.1 Å². The van der Waals surface area contributed by atoms with Crippen molar-refractivity contribution in [3.8, 4) is 0 Å². The fourth-order valence-corrected chi connectivity index (χ4v) is 6.68. The molecular formula is C20H22F3N3O5S2. The quantitative estimate of drug-likeness (QED) is 0.646. The molecule has 0 spiro atoms. The van der Waals surface area contributed by atoms with Crippen LogP contribution in [0.2, 0.25) is 0 Å². The Balaban J connectivity index is 2.01. The van der Waals surface area contributed by atoms with Gasteiger partial charge in [0.15, 0.2) is 0 Å². The molecule has 1 aromatic heterocycles. The number of anilines is 1. The number of sulfonamides is 1. The average molecular weight is 506 g/mol. The summed E-state index contributed by atoms with van der Waals surface area (Å²) in [6.07, 6.45) is -5.16. The number of thiophene rings is 1.